The van der Waals surface area contributed by atoms with Gasteiger partial charge in [0.15, 0.2) is 0 Å². The number of ether oxygens (including phenoxy) is 1. The lowest BCUT2D eigenvalue weighted by atomic mass is 10.1. The summed E-state index contributed by atoms with van der Waals surface area (Å²) >= 11 is 0. The van der Waals surface area contributed by atoms with Crippen molar-refractivity contribution < 1.29 is 9.53 Å². The lowest BCUT2D eigenvalue weighted by molar-refractivity contribution is -0.145. The van der Waals surface area contributed by atoms with E-state index in [0.717, 1.165) is 11.1 Å². The smallest absolute Gasteiger partial charge is 0.307 e. The van der Waals surface area contributed by atoms with Crippen LogP contribution < -0.4 is 5.73 Å². The molecule has 16 heavy (non-hydrogen) atoms. The SMILES string of the molecule is C=Cc1ccc(COC(=O)CC(C)N)cc1. The minimum atomic E-state index is -0.261. The van der Waals surface area contributed by atoms with Gasteiger partial charge in [0.1, 0.15) is 6.61 Å². The van der Waals surface area contributed by atoms with Gasteiger partial charge in [-0.1, -0.05) is 36.9 Å². The van der Waals surface area contributed by atoms with Gasteiger partial charge in [0.05, 0.1) is 6.42 Å². The minimum absolute atomic E-state index is 0.157. The Bertz CT molecular complexity index is 355. The first-order valence-corrected chi connectivity index (χ1v) is 5.24. The van der Waals surface area contributed by atoms with Gasteiger partial charge in [-0.2, -0.15) is 0 Å². The van der Waals surface area contributed by atoms with E-state index in [1.54, 1.807) is 13.0 Å². The second-order valence-electron chi connectivity index (χ2n) is 3.79. The third-order valence-electron chi connectivity index (χ3n) is 2.10. The van der Waals surface area contributed by atoms with Gasteiger partial charge in [-0.15, -0.1) is 0 Å². The van der Waals surface area contributed by atoms with Gasteiger partial charge >= 0.3 is 5.97 Å². The normalized spacial score (nSPS) is 11.9. The van der Waals surface area contributed by atoms with Crippen LogP contribution in [0.3, 0.4) is 0 Å². The molecule has 0 amide bonds. The highest BCUT2D eigenvalue weighted by Gasteiger charge is 2.06. The summed E-state index contributed by atoms with van der Waals surface area (Å²) in [5, 5.41) is 0. The topological polar surface area (TPSA) is 52.3 Å². The van der Waals surface area contributed by atoms with Gasteiger partial charge in [-0.05, 0) is 18.1 Å². The first-order valence-electron chi connectivity index (χ1n) is 5.24. The number of hydrogen-bond acceptors (Lipinski definition) is 3. The summed E-state index contributed by atoms with van der Waals surface area (Å²) in [6.45, 7) is 5.74. The Morgan fingerprint density at radius 3 is 2.62 bits per heavy atom. The number of hydrogen-bond donors (Lipinski definition) is 1. The summed E-state index contributed by atoms with van der Waals surface area (Å²) in [6, 6.07) is 7.53. The van der Waals surface area contributed by atoms with E-state index < -0.39 is 0 Å². The maximum atomic E-state index is 11.2. The van der Waals surface area contributed by atoms with Crippen LogP contribution in [0.2, 0.25) is 0 Å². The molecule has 3 heteroatoms. The first-order chi connectivity index (χ1) is 7.61. The molecule has 0 saturated heterocycles. The Hall–Kier alpha value is -1.61. The van der Waals surface area contributed by atoms with Crippen LogP contribution in [0.25, 0.3) is 6.08 Å². The van der Waals surface area contributed by atoms with Crippen LogP contribution in [-0.2, 0) is 16.1 Å². The van der Waals surface area contributed by atoms with Gasteiger partial charge in [0, 0.05) is 6.04 Å². The molecule has 0 radical (unpaired) electrons. The van der Waals surface area contributed by atoms with Crippen LogP contribution in [-0.4, -0.2) is 12.0 Å². The van der Waals surface area contributed by atoms with Crippen LogP contribution in [0.5, 0.6) is 0 Å². The third kappa shape index (κ3) is 4.28. The van der Waals surface area contributed by atoms with Gasteiger partial charge in [-0.3, -0.25) is 4.79 Å². The molecule has 0 aliphatic rings. The highest BCUT2D eigenvalue weighted by Crippen LogP contribution is 2.07. The Morgan fingerprint density at radius 1 is 1.50 bits per heavy atom. The highest BCUT2D eigenvalue weighted by atomic mass is 16.5. The van der Waals surface area contributed by atoms with Crippen LogP contribution in [0.15, 0.2) is 30.8 Å². The zero-order valence-corrected chi connectivity index (χ0v) is 9.48. The number of nitrogens with two attached hydrogens (primary N) is 1. The van der Waals surface area contributed by atoms with E-state index in [2.05, 4.69) is 6.58 Å². The van der Waals surface area contributed by atoms with Crippen molar-refractivity contribution in [2.24, 2.45) is 5.73 Å². The zero-order chi connectivity index (χ0) is 12.0. The summed E-state index contributed by atoms with van der Waals surface area (Å²) in [5.74, 6) is -0.261. The molecule has 1 atom stereocenters. The summed E-state index contributed by atoms with van der Waals surface area (Å²) in [4.78, 5) is 11.2. The van der Waals surface area contributed by atoms with E-state index in [-0.39, 0.29) is 18.4 Å². The fourth-order valence-electron chi connectivity index (χ4n) is 1.24. The van der Waals surface area contributed by atoms with Crippen molar-refractivity contribution in [3.05, 3.63) is 42.0 Å². The Morgan fingerprint density at radius 2 is 2.12 bits per heavy atom. The van der Waals surface area contributed by atoms with Crippen LogP contribution in [0.1, 0.15) is 24.5 Å². The lowest BCUT2D eigenvalue weighted by Gasteiger charge is -2.06. The molecule has 0 aliphatic carbocycles. The van der Waals surface area contributed by atoms with Crippen molar-refractivity contribution >= 4 is 12.0 Å². The largest absolute Gasteiger partial charge is 0.461 e. The summed E-state index contributed by atoms with van der Waals surface area (Å²) in [6.07, 6.45) is 2.02. The monoisotopic (exact) mass is 219 g/mol. The molecule has 1 aromatic carbocycles. The second-order valence-corrected chi connectivity index (χ2v) is 3.79. The van der Waals surface area contributed by atoms with Gasteiger partial charge in [0.2, 0.25) is 0 Å². The molecule has 0 heterocycles. The molecule has 1 aromatic rings. The molecule has 1 unspecified atom stereocenters. The molecular formula is C13H17NO2. The van der Waals surface area contributed by atoms with E-state index >= 15 is 0 Å². The van der Waals surface area contributed by atoms with Crippen LogP contribution >= 0.6 is 0 Å². The van der Waals surface area contributed by atoms with Gasteiger partial charge < -0.3 is 10.5 Å². The number of carbonyl (C=O) groups is 1. The molecular weight excluding hydrogens is 202 g/mol. The molecule has 86 valence electrons. The molecule has 2 N–H and O–H groups in total. The summed E-state index contributed by atoms with van der Waals surface area (Å²) in [7, 11) is 0. The van der Waals surface area contributed by atoms with Crippen molar-refractivity contribution in [2.75, 3.05) is 0 Å². The second kappa shape index (κ2) is 6.08. The van der Waals surface area contributed by atoms with Crippen molar-refractivity contribution in [3.63, 3.8) is 0 Å². The van der Waals surface area contributed by atoms with Crippen molar-refractivity contribution in [1.82, 2.24) is 0 Å². The van der Waals surface area contributed by atoms with Crippen molar-refractivity contribution in [3.8, 4) is 0 Å². The predicted octanol–water partition coefficient (Wildman–Crippen LogP) is 2.11. The predicted molar refractivity (Wildman–Crippen MR) is 64.6 cm³/mol. The Labute approximate surface area is 95.9 Å². The average Bonchev–Trinajstić information content (AvgIpc) is 2.26. The summed E-state index contributed by atoms with van der Waals surface area (Å²) < 4.78 is 5.07. The van der Waals surface area contributed by atoms with Crippen molar-refractivity contribution in [2.45, 2.75) is 26.0 Å². The molecule has 1 rings (SSSR count). The molecule has 0 bridgehead atoms. The standard InChI is InChI=1S/C13H17NO2/c1-3-11-4-6-12(7-5-11)9-16-13(15)8-10(2)14/h3-7,10H,1,8-9,14H2,2H3. The summed E-state index contributed by atoms with van der Waals surface area (Å²) in [5.41, 5.74) is 7.50. The molecule has 3 nitrogen and oxygen atoms in total. The molecule has 0 fully saturated rings. The van der Waals surface area contributed by atoms with E-state index in [9.17, 15) is 4.79 Å². The van der Waals surface area contributed by atoms with Gasteiger partial charge in [0.25, 0.3) is 0 Å². The van der Waals surface area contributed by atoms with E-state index in [4.69, 9.17) is 10.5 Å². The van der Waals surface area contributed by atoms with E-state index in [1.807, 2.05) is 24.3 Å². The first kappa shape index (κ1) is 12.5. The maximum Gasteiger partial charge on any atom is 0.307 e. The quantitative estimate of drug-likeness (QED) is 0.772. The molecule has 0 spiro atoms. The van der Waals surface area contributed by atoms with Crippen LogP contribution in [0.4, 0.5) is 0 Å². The van der Waals surface area contributed by atoms with Crippen LogP contribution in [0, 0.1) is 0 Å². The zero-order valence-electron chi connectivity index (χ0n) is 9.48. The fraction of sp³-hybridized carbons (Fsp3) is 0.308. The highest BCUT2D eigenvalue weighted by molar-refractivity contribution is 5.70. The van der Waals surface area contributed by atoms with Crippen molar-refractivity contribution in [1.29, 1.82) is 0 Å². The number of benzene rings is 1. The van der Waals surface area contributed by atoms with E-state index in [0.29, 0.717) is 6.61 Å². The number of esters is 1. The Kier molecular flexibility index (Phi) is 4.73. The molecule has 0 aliphatic heterocycles. The Balaban J connectivity index is 2.42. The lowest BCUT2D eigenvalue weighted by Crippen LogP contribution is -2.20. The average molecular weight is 219 g/mol. The van der Waals surface area contributed by atoms with E-state index in [1.165, 1.54) is 0 Å². The minimum Gasteiger partial charge on any atom is -0.461 e. The number of rotatable bonds is 5. The number of carbonyl (C=O) groups excluding carboxylic acids is 1. The molecule has 0 aromatic heterocycles. The maximum absolute atomic E-state index is 11.2. The van der Waals surface area contributed by atoms with Gasteiger partial charge in [-0.25, -0.2) is 0 Å². The third-order valence-corrected chi connectivity index (χ3v) is 2.10. The fourth-order valence-corrected chi connectivity index (χ4v) is 1.24. The molecule has 0 saturated carbocycles.